The highest BCUT2D eigenvalue weighted by Crippen LogP contribution is 2.54. The van der Waals surface area contributed by atoms with Crippen molar-refractivity contribution in [1.82, 2.24) is 0 Å². The molecule has 7 aliphatic carbocycles. The zero-order chi connectivity index (χ0) is 77.7. The zero-order valence-corrected chi connectivity index (χ0v) is 70.4. The summed E-state index contributed by atoms with van der Waals surface area (Å²) in [5, 5.41) is 5.42. The first-order valence-corrected chi connectivity index (χ1v) is 47.0. The number of fused-ring (bicyclic) bond motifs is 9. The Morgan fingerprint density at radius 1 is 0.224 bits per heavy atom. The predicted molar refractivity (Wildman–Crippen MR) is 502 cm³/mol. The number of anilines is 9. The van der Waals surface area contributed by atoms with Gasteiger partial charge in [0.15, 0.2) is 0 Å². The summed E-state index contributed by atoms with van der Waals surface area (Å²) in [6, 6.07) is 105. The SMILES string of the molecule is CC1(C)c2cc(C3CCCCC3)ccc2-c2ccc(N(c3ccccc3)c3ccc(C4CCCCC4)cc3)cc21.c1ccc2c(c1)sc1ccc(N(c3ccc(C4CCCCC4)cc3)c3ccc(C4CCCCC4)cc3)cc12.c1ccc2c(c1)sc1cccc(N(c3ccc(C4CCCCC4)cc3)c3ccc(C4CCCCC4)cc3)c12. The minimum Gasteiger partial charge on any atom is -0.310 e. The van der Waals surface area contributed by atoms with Gasteiger partial charge >= 0.3 is 0 Å². The molecule has 588 valence electrons. The molecule has 5 heteroatoms. The first kappa shape index (κ1) is 76.5. The van der Waals surface area contributed by atoms with Crippen molar-refractivity contribution in [3.63, 3.8) is 0 Å². The van der Waals surface area contributed by atoms with E-state index < -0.39 is 0 Å². The molecule has 116 heavy (non-hydrogen) atoms. The second-order valence-corrected chi connectivity index (χ2v) is 38.2. The van der Waals surface area contributed by atoms with Crippen molar-refractivity contribution in [2.24, 2.45) is 0 Å². The van der Waals surface area contributed by atoms with E-state index in [-0.39, 0.29) is 5.41 Å². The van der Waals surface area contributed by atoms with Crippen molar-refractivity contribution in [1.29, 1.82) is 0 Å². The average molecular weight is 1560 g/mol. The van der Waals surface area contributed by atoms with Crippen LogP contribution >= 0.6 is 22.7 Å². The van der Waals surface area contributed by atoms with Crippen LogP contribution in [0.2, 0.25) is 0 Å². The highest BCUT2D eigenvalue weighted by molar-refractivity contribution is 7.26. The lowest BCUT2D eigenvalue weighted by atomic mass is 9.79. The van der Waals surface area contributed by atoms with Crippen molar-refractivity contribution >= 4 is 114 Å². The van der Waals surface area contributed by atoms with Gasteiger partial charge < -0.3 is 14.7 Å². The number of benzene rings is 12. The number of hydrogen-bond acceptors (Lipinski definition) is 5. The first-order valence-electron chi connectivity index (χ1n) is 45.3. The van der Waals surface area contributed by atoms with Crippen LogP contribution in [0.25, 0.3) is 51.5 Å². The molecule has 0 aliphatic heterocycles. The van der Waals surface area contributed by atoms with Crippen molar-refractivity contribution < 1.29 is 0 Å². The van der Waals surface area contributed by atoms with Crippen LogP contribution in [0, 0.1) is 0 Å². The molecule has 0 bridgehead atoms. The summed E-state index contributed by atoms with van der Waals surface area (Å²) >= 11 is 3.79. The first-order chi connectivity index (χ1) is 57.3. The lowest BCUT2D eigenvalue weighted by Crippen LogP contribution is -2.17. The molecule has 0 amide bonds. The Morgan fingerprint density at radius 2 is 0.526 bits per heavy atom. The van der Waals surface area contributed by atoms with Crippen LogP contribution in [0.1, 0.15) is 286 Å². The molecule has 6 saturated carbocycles. The monoisotopic (exact) mass is 1560 g/mol. The summed E-state index contributed by atoms with van der Waals surface area (Å²) in [4.78, 5) is 7.40. The minimum atomic E-state index is -0.0153. The van der Waals surface area contributed by atoms with Gasteiger partial charge in [0.05, 0.1) is 5.69 Å². The van der Waals surface area contributed by atoms with Crippen LogP contribution in [-0.2, 0) is 5.41 Å². The van der Waals surface area contributed by atoms with Gasteiger partial charge in [-0.3, -0.25) is 0 Å². The molecule has 6 fully saturated rings. The number of thiophene rings is 2. The Labute approximate surface area is 699 Å². The summed E-state index contributed by atoms with van der Waals surface area (Å²) in [7, 11) is 0. The van der Waals surface area contributed by atoms with Crippen LogP contribution in [0.15, 0.2) is 273 Å². The molecular formula is C111H117N3S2. The average Bonchev–Trinajstić information content (AvgIpc) is 1.57. The van der Waals surface area contributed by atoms with E-state index in [0.717, 1.165) is 35.5 Å². The Morgan fingerprint density at radius 3 is 0.966 bits per heavy atom. The lowest BCUT2D eigenvalue weighted by molar-refractivity contribution is 0.443. The quantitative estimate of drug-likeness (QED) is 0.101. The van der Waals surface area contributed by atoms with Gasteiger partial charge in [-0.05, 0) is 296 Å². The molecule has 0 atom stereocenters. The highest BCUT2D eigenvalue weighted by Gasteiger charge is 2.37. The van der Waals surface area contributed by atoms with Crippen molar-refractivity contribution in [3.05, 3.63) is 317 Å². The van der Waals surface area contributed by atoms with E-state index in [4.69, 9.17) is 0 Å². The summed E-state index contributed by atoms with van der Waals surface area (Å²) in [5.41, 5.74) is 26.1. The van der Waals surface area contributed by atoms with E-state index in [1.54, 1.807) is 5.56 Å². The van der Waals surface area contributed by atoms with Crippen LogP contribution in [0.4, 0.5) is 51.2 Å². The molecule has 0 saturated heterocycles. The van der Waals surface area contributed by atoms with E-state index in [0.29, 0.717) is 0 Å². The van der Waals surface area contributed by atoms with Crippen LogP contribution in [0.3, 0.4) is 0 Å². The van der Waals surface area contributed by atoms with E-state index in [2.05, 4.69) is 302 Å². The van der Waals surface area contributed by atoms with E-state index in [1.165, 1.54) is 334 Å². The van der Waals surface area contributed by atoms with E-state index in [9.17, 15) is 0 Å². The maximum atomic E-state index is 2.56. The summed E-state index contributed by atoms with van der Waals surface area (Å²) in [5.74, 6) is 4.38. The summed E-state index contributed by atoms with van der Waals surface area (Å²) in [6.45, 7) is 4.86. The molecule has 7 aliphatic rings. The molecule has 21 rings (SSSR count). The van der Waals surface area contributed by atoms with Crippen LogP contribution in [0.5, 0.6) is 0 Å². The van der Waals surface area contributed by atoms with Gasteiger partial charge in [0.1, 0.15) is 0 Å². The summed E-state index contributed by atoms with van der Waals surface area (Å²) in [6.07, 6.45) is 41.0. The number of rotatable bonds is 15. The topological polar surface area (TPSA) is 9.72 Å². The van der Waals surface area contributed by atoms with Gasteiger partial charge in [0, 0.05) is 91.3 Å². The summed E-state index contributed by atoms with van der Waals surface area (Å²) < 4.78 is 5.43. The van der Waals surface area contributed by atoms with Gasteiger partial charge in [-0.25, -0.2) is 0 Å². The number of nitrogens with zero attached hydrogens (tertiary/aromatic N) is 3. The Balaban J connectivity index is 0.000000116. The standard InChI is InChI=1S/C39H43N.2C36H37NS/c1-39(2)37-26-31(29-14-8-4-9-15-29)20-24-35(37)36-25-23-34(27-38(36)39)40(32-16-10-5-11-17-32)33-21-18-30(19-22-33)28-12-6-3-7-13-28;1-3-10-26(11-4-1)28-18-22-30(23-19-28)37(31-24-20-29(21-25-31)27-12-5-2-6-13-27)33-15-9-17-35-36(33)32-14-7-8-16-34(32)38-35;1-3-9-26(10-4-1)28-15-19-30(20-16-28)37(31-21-17-29(18-22-31)27-11-5-2-6-12-27)32-23-24-36-34(25-32)33-13-7-8-14-35(33)38-36/h5,10-11,16-29H,3-4,6-9,12-15H2,1-2H3;7-9,14-27H,1-6,10-13H2;7-8,13-27H,1-6,9-12H2. The lowest BCUT2D eigenvalue weighted by Gasteiger charge is -2.29. The maximum absolute atomic E-state index is 2.56. The molecule has 2 aromatic heterocycles. The fourth-order valence-electron chi connectivity index (χ4n) is 21.9. The Kier molecular flexibility index (Phi) is 23.0. The molecule has 0 unspecified atom stereocenters. The molecule has 0 spiro atoms. The molecular weight excluding hydrogens is 1440 g/mol. The molecule has 0 radical (unpaired) electrons. The fourth-order valence-corrected chi connectivity index (χ4v) is 24.1. The van der Waals surface area contributed by atoms with Gasteiger partial charge in [-0.2, -0.15) is 0 Å². The predicted octanol–water partition coefficient (Wildman–Crippen LogP) is 34.8. The largest absolute Gasteiger partial charge is 0.310 e. The normalized spacial score (nSPS) is 17.8. The van der Waals surface area contributed by atoms with Crippen LogP contribution in [-0.4, -0.2) is 0 Å². The molecule has 0 N–H and O–H groups in total. The van der Waals surface area contributed by atoms with Crippen LogP contribution < -0.4 is 14.7 Å². The second kappa shape index (κ2) is 35.0. The smallest absolute Gasteiger partial charge is 0.0554 e. The Hall–Kier alpha value is -9.52. The van der Waals surface area contributed by atoms with Gasteiger partial charge in [-0.15, -0.1) is 22.7 Å². The highest BCUT2D eigenvalue weighted by atomic mass is 32.1. The zero-order valence-electron chi connectivity index (χ0n) is 68.8. The Bertz CT molecular complexity index is 5490. The van der Waals surface area contributed by atoms with Gasteiger partial charge in [0.2, 0.25) is 0 Å². The molecule has 14 aromatic rings. The van der Waals surface area contributed by atoms with Gasteiger partial charge in [0.25, 0.3) is 0 Å². The number of hydrogen-bond donors (Lipinski definition) is 0. The van der Waals surface area contributed by atoms with Gasteiger partial charge in [-0.1, -0.05) is 275 Å². The van der Waals surface area contributed by atoms with Crippen molar-refractivity contribution in [2.75, 3.05) is 14.7 Å². The third-order valence-electron chi connectivity index (χ3n) is 28.4. The van der Waals surface area contributed by atoms with Crippen molar-refractivity contribution in [2.45, 2.75) is 247 Å². The second-order valence-electron chi connectivity index (χ2n) is 36.0. The third-order valence-corrected chi connectivity index (χ3v) is 30.7. The fraction of sp³-hybridized carbons (Fsp3) is 0.351. The van der Waals surface area contributed by atoms with E-state index in [1.807, 2.05) is 22.7 Å². The molecule has 3 nitrogen and oxygen atoms in total. The minimum absolute atomic E-state index is 0.0153. The van der Waals surface area contributed by atoms with E-state index >= 15 is 0 Å². The molecule has 2 heterocycles. The number of para-hydroxylation sites is 1. The third kappa shape index (κ3) is 16.1. The van der Waals surface area contributed by atoms with Crippen molar-refractivity contribution in [3.8, 4) is 11.1 Å². The maximum Gasteiger partial charge on any atom is 0.0554 e. The molecule has 12 aromatic carbocycles.